The molecule has 0 amide bonds. The highest BCUT2D eigenvalue weighted by atomic mass is 32.2. The van der Waals surface area contributed by atoms with Crippen LogP contribution in [0.5, 0.6) is 0 Å². The standard InChI is InChI=1S/C21H25N5O2S2/c1-3-10-25-17(2)22-26(21(25)29)16-23-11-13-24(14-12-23)30(27,28)20-9-8-18-6-4-5-7-19(18)15-20/h3-9,15H,1,10-14,16H2,2H3. The molecule has 0 unspecified atom stereocenters. The minimum Gasteiger partial charge on any atom is -0.300 e. The lowest BCUT2D eigenvalue weighted by Gasteiger charge is -2.33. The molecule has 1 saturated heterocycles. The molecule has 2 aromatic carbocycles. The summed E-state index contributed by atoms with van der Waals surface area (Å²) >= 11 is 5.51. The number of aromatic nitrogens is 3. The van der Waals surface area contributed by atoms with E-state index in [-0.39, 0.29) is 0 Å². The molecule has 30 heavy (non-hydrogen) atoms. The van der Waals surface area contributed by atoms with Gasteiger partial charge in [0.25, 0.3) is 0 Å². The predicted molar refractivity (Wildman–Crippen MR) is 120 cm³/mol. The molecule has 0 N–H and O–H groups in total. The topological polar surface area (TPSA) is 63.4 Å². The molecular weight excluding hydrogens is 418 g/mol. The van der Waals surface area contributed by atoms with Gasteiger partial charge in [-0.3, -0.25) is 4.90 Å². The number of aryl methyl sites for hydroxylation is 1. The number of benzene rings is 2. The van der Waals surface area contributed by atoms with E-state index in [0.29, 0.717) is 49.1 Å². The van der Waals surface area contributed by atoms with Crippen LogP contribution in [0, 0.1) is 11.7 Å². The van der Waals surface area contributed by atoms with Crippen molar-refractivity contribution in [2.75, 3.05) is 26.2 Å². The minimum atomic E-state index is -3.52. The molecule has 1 aliphatic heterocycles. The smallest absolute Gasteiger partial charge is 0.243 e. The number of sulfonamides is 1. The van der Waals surface area contributed by atoms with E-state index in [1.807, 2.05) is 41.8 Å². The summed E-state index contributed by atoms with van der Waals surface area (Å²) in [7, 11) is -3.52. The van der Waals surface area contributed by atoms with Gasteiger partial charge in [0.2, 0.25) is 10.0 Å². The maximum Gasteiger partial charge on any atom is 0.243 e. The average Bonchev–Trinajstić information content (AvgIpc) is 3.01. The van der Waals surface area contributed by atoms with Gasteiger partial charge in [-0.2, -0.15) is 9.40 Å². The number of allylic oxidation sites excluding steroid dienone is 1. The first-order chi connectivity index (χ1) is 14.4. The van der Waals surface area contributed by atoms with Gasteiger partial charge in [0.05, 0.1) is 11.6 Å². The monoisotopic (exact) mass is 443 g/mol. The molecule has 1 fully saturated rings. The van der Waals surface area contributed by atoms with Crippen LogP contribution in [0.4, 0.5) is 0 Å². The van der Waals surface area contributed by atoms with Crippen LogP contribution in [0.15, 0.2) is 60.0 Å². The molecule has 0 aliphatic carbocycles. The largest absolute Gasteiger partial charge is 0.300 e. The molecule has 4 rings (SSSR count). The third kappa shape index (κ3) is 3.98. The molecular formula is C21H25N5O2S2. The first-order valence-corrected chi connectivity index (χ1v) is 11.7. The Morgan fingerprint density at radius 2 is 1.80 bits per heavy atom. The normalized spacial score (nSPS) is 16.2. The van der Waals surface area contributed by atoms with E-state index in [4.69, 9.17) is 12.2 Å². The SMILES string of the molecule is C=CCn1c(C)nn(CN2CCN(S(=O)(=O)c3ccc4ccccc4c3)CC2)c1=S. The highest BCUT2D eigenvalue weighted by molar-refractivity contribution is 7.89. The van der Waals surface area contributed by atoms with Crippen molar-refractivity contribution in [2.45, 2.75) is 25.0 Å². The maximum atomic E-state index is 13.1. The minimum absolute atomic E-state index is 0.343. The summed E-state index contributed by atoms with van der Waals surface area (Å²) in [6.07, 6.45) is 1.80. The number of nitrogens with zero attached hydrogens (tertiary/aromatic N) is 5. The summed E-state index contributed by atoms with van der Waals surface area (Å²) in [6.45, 7) is 8.99. The molecule has 3 aromatic rings. The van der Waals surface area contributed by atoms with E-state index in [1.165, 1.54) is 0 Å². The first kappa shape index (κ1) is 20.9. The molecule has 0 bridgehead atoms. The van der Waals surface area contributed by atoms with Crippen LogP contribution in [-0.2, 0) is 23.2 Å². The summed E-state index contributed by atoms with van der Waals surface area (Å²) in [4.78, 5) is 2.52. The van der Waals surface area contributed by atoms with Crippen molar-refractivity contribution in [1.82, 2.24) is 23.6 Å². The Morgan fingerprint density at radius 1 is 1.10 bits per heavy atom. The zero-order valence-corrected chi connectivity index (χ0v) is 18.6. The van der Waals surface area contributed by atoms with Crippen LogP contribution >= 0.6 is 12.2 Å². The maximum absolute atomic E-state index is 13.1. The molecule has 0 saturated carbocycles. The van der Waals surface area contributed by atoms with E-state index < -0.39 is 10.0 Å². The third-order valence-electron chi connectivity index (χ3n) is 5.44. The summed E-state index contributed by atoms with van der Waals surface area (Å²) in [5, 5.41) is 6.48. The van der Waals surface area contributed by atoms with E-state index >= 15 is 0 Å². The Balaban J connectivity index is 1.45. The summed E-state index contributed by atoms with van der Waals surface area (Å²) in [5.74, 6) is 0.845. The number of piperazine rings is 1. The van der Waals surface area contributed by atoms with Gasteiger partial charge in [-0.25, -0.2) is 13.1 Å². The van der Waals surface area contributed by atoms with Gasteiger partial charge in [-0.15, -0.1) is 6.58 Å². The fraction of sp³-hybridized carbons (Fsp3) is 0.333. The molecule has 1 aliphatic rings. The summed E-state index contributed by atoms with van der Waals surface area (Å²) < 4.78 is 32.2. The Bertz CT molecular complexity index is 1240. The van der Waals surface area contributed by atoms with E-state index in [1.54, 1.807) is 27.2 Å². The van der Waals surface area contributed by atoms with Crippen molar-refractivity contribution in [3.05, 3.63) is 65.7 Å². The number of hydrogen-bond acceptors (Lipinski definition) is 5. The zero-order valence-electron chi connectivity index (χ0n) is 16.9. The first-order valence-electron chi connectivity index (χ1n) is 9.86. The molecule has 0 radical (unpaired) electrons. The Labute approximate surface area is 181 Å². The van der Waals surface area contributed by atoms with Gasteiger partial charge >= 0.3 is 0 Å². The van der Waals surface area contributed by atoms with Crippen molar-refractivity contribution < 1.29 is 8.42 Å². The van der Waals surface area contributed by atoms with Crippen molar-refractivity contribution in [3.8, 4) is 0 Å². The molecule has 1 aromatic heterocycles. The average molecular weight is 444 g/mol. The van der Waals surface area contributed by atoms with Crippen molar-refractivity contribution in [3.63, 3.8) is 0 Å². The number of hydrogen-bond donors (Lipinski definition) is 0. The lowest BCUT2D eigenvalue weighted by Crippen LogP contribution is -2.48. The Kier molecular flexibility index (Phi) is 5.88. The van der Waals surface area contributed by atoms with E-state index in [0.717, 1.165) is 16.6 Å². The van der Waals surface area contributed by atoms with Gasteiger partial charge in [-0.05, 0) is 42.0 Å². The zero-order chi connectivity index (χ0) is 21.3. The highest BCUT2D eigenvalue weighted by Gasteiger charge is 2.29. The van der Waals surface area contributed by atoms with Crippen LogP contribution in [0.2, 0.25) is 0 Å². The second kappa shape index (κ2) is 8.43. The Morgan fingerprint density at radius 3 is 2.50 bits per heavy atom. The fourth-order valence-corrected chi connectivity index (χ4v) is 5.52. The lowest BCUT2D eigenvalue weighted by atomic mass is 10.1. The highest BCUT2D eigenvalue weighted by Crippen LogP contribution is 2.23. The van der Waals surface area contributed by atoms with Gasteiger partial charge in [0.15, 0.2) is 4.77 Å². The van der Waals surface area contributed by atoms with E-state index in [9.17, 15) is 8.42 Å². The molecule has 0 spiro atoms. The second-order valence-electron chi connectivity index (χ2n) is 7.40. The van der Waals surface area contributed by atoms with Crippen LogP contribution in [0.1, 0.15) is 5.82 Å². The van der Waals surface area contributed by atoms with Crippen LogP contribution in [0.3, 0.4) is 0 Å². The molecule has 0 atom stereocenters. The summed E-state index contributed by atoms with van der Waals surface area (Å²) in [6, 6.07) is 13.1. The number of fused-ring (bicyclic) bond motifs is 1. The van der Waals surface area contributed by atoms with E-state index in [2.05, 4.69) is 16.6 Å². The van der Waals surface area contributed by atoms with Gasteiger partial charge in [-0.1, -0.05) is 36.4 Å². The predicted octanol–water partition coefficient (Wildman–Crippen LogP) is 3.03. The van der Waals surface area contributed by atoms with Crippen LogP contribution in [0.25, 0.3) is 10.8 Å². The molecule has 158 valence electrons. The molecule has 7 nitrogen and oxygen atoms in total. The van der Waals surface area contributed by atoms with Gasteiger partial charge in [0, 0.05) is 32.7 Å². The third-order valence-corrected chi connectivity index (χ3v) is 7.77. The van der Waals surface area contributed by atoms with Crippen LogP contribution in [-0.4, -0.2) is 58.1 Å². The lowest BCUT2D eigenvalue weighted by molar-refractivity contribution is 0.144. The molecule has 9 heteroatoms. The van der Waals surface area contributed by atoms with Crippen LogP contribution < -0.4 is 0 Å². The number of rotatable bonds is 6. The quantitative estimate of drug-likeness (QED) is 0.433. The summed E-state index contributed by atoms with van der Waals surface area (Å²) in [5.41, 5.74) is 0. The van der Waals surface area contributed by atoms with Crippen molar-refractivity contribution in [1.29, 1.82) is 0 Å². The fourth-order valence-electron chi connectivity index (χ4n) is 3.76. The molecule has 2 heterocycles. The van der Waals surface area contributed by atoms with Crippen molar-refractivity contribution >= 4 is 33.0 Å². The van der Waals surface area contributed by atoms with Gasteiger partial charge in [0.1, 0.15) is 5.82 Å². The van der Waals surface area contributed by atoms with Crippen molar-refractivity contribution in [2.24, 2.45) is 0 Å². The second-order valence-corrected chi connectivity index (χ2v) is 9.70. The Hall–Kier alpha value is -2.33. The van der Waals surface area contributed by atoms with Gasteiger partial charge < -0.3 is 4.57 Å².